The molecule has 0 aliphatic carbocycles. The second kappa shape index (κ2) is 6.55. The maximum Gasteiger partial charge on any atom is 0.0966 e. The summed E-state index contributed by atoms with van der Waals surface area (Å²) in [6, 6.07) is 4.52. The first-order valence-electron chi connectivity index (χ1n) is 6.31. The molecule has 0 bridgehead atoms. The quantitative estimate of drug-likeness (QED) is 0.778. The monoisotopic (exact) mass is 268 g/mol. The summed E-state index contributed by atoms with van der Waals surface area (Å²) in [7, 11) is 0. The van der Waals surface area contributed by atoms with Crippen LogP contribution in [0, 0.1) is 13.8 Å². The van der Waals surface area contributed by atoms with Crippen LogP contribution in [0.3, 0.4) is 0 Å². The Kier molecular flexibility index (Phi) is 5.63. The Morgan fingerprint density at radius 3 is 2.56 bits per heavy atom. The Morgan fingerprint density at radius 1 is 1.39 bits per heavy atom. The molecular formula is C14H24N2OS. The Bertz CT molecular complexity index is 375. The third-order valence-electron chi connectivity index (χ3n) is 2.60. The lowest BCUT2D eigenvalue weighted by molar-refractivity contribution is 0.183. The predicted molar refractivity (Wildman–Crippen MR) is 78.2 cm³/mol. The van der Waals surface area contributed by atoms with Gasteiger partial charge in [0.2, 0.25) is 0 Å². The first-order chi connectivity index (χ1) is 8.34. The number of nitrogens with zero attached hydrogens (tertiary/aromatic N) is 1. The number of thioether (sulfide) groups is 1. The average Bonchev–Trinajstić information content (AvgIpc) is 2.24. The van der Waals surface area contributed by atoms with E-state index in [0.717, 1.165) is 16.5 Å². The van der Waals surface area contributed by atoms with Crippen molar-refractivity contribution < 1.29 is 5.11 Å². The maximum absolute atomic E-state index is 9.53. The van der Waals surface area contributed by atoms with Crippen molar-refractivity contribution in [1.82, 2.24) is 10.3 Å². The highest BCUT2D eigenvalue weighted by Gasteiger charge is 2.24. The summed E-state index contributed by atoms with van der Waals surface area (Å²) in [5.74, 6) is 0.803. The minimum Gasteiger partial charge on any atom is -0.394 e. The molecule has 0 amide bonds. The molecule has 0 aliphatic heterocycles. The molecule has 3 nitrogen and oxygen atoms in total. The largest absolute Gasteiger partial charge is 0.394 e. The second-order valence-electron chi connectivity index (χ2n) is 5.43. The van der Waals surface area contributed by atoms with Crippen LogP contribution in [0.2, 0.25) is 0 Å². The second-order valence-corrected chi connectivity index (χ2v) is 6.43. The summed E-state index contributed by atoms with van der Waals surface area (Å²) < 4.78 is 0. The van der Waals surface area contributed by atoms with E-state index in [-0.39, 0.29) is 12.1 Å². The normalized spacial score (nSPS) is 14.8. The van der Waals surface area contributed by atoms with Crippen LogP contribution in [-0.2, 0) is 0 Å². The number of aliphatic hydroxyl groups excluding tert-OH is 1. The van der Waals surface area contributed by atoms with Crippen molar-refractivity contribution in [2.75, 3.05) is 12.4 Å². The third-order valence-corrected chi connectivity index (χ3v) is 3.89. The highest BCUT2D eigenvalue weighted by molar-refractivity contribution is 7.99. The van der Waals surface area contributed by atoms with Gasteiger partial charge in [-0.3, -0.25) is 0 Å². The molecule has 1 atom stereocenters. The number of aromatic nitrogens is 1. The van der Waals surface area contributed by atoms with Gasteiger partial charge in [0.1, 0.15) is 0 Å². The van der Waals surface area contributed by atoms with E-state index in [9.17, 15) is 5.11 Å². The van der Waals surface area contributed by atoms with Gasteiger partial charge in [0.25, 0.3) is 0 Å². The van der Waals surface area contributed by atoms with E-state index in [2.05, 4.69) is 43.2 Å². The SMILES string of the molecule is Cc1cc(C)nc(SCC(C)(CO)NC(C)C)c1. The number of pyridine rings is 1. The lowest BCUT2D eigenvalue weighted by Gasteiger charge is -2.30. The molecule has 1 heterocycles. The molecule has 0 aromatic carbocycles. The number of nitrogens with one attached hydrogen (secondary N) is 1. The molecule has 1 unspecified atom stereocenters. The highest BCUT2D eigenvalue weighted by Crippen LogP contribution is 2.22. The summed E-state index contributed by atoms with van der Waals surface area (Å²) in [6.07, 6.45) is 0. The molecule has 0 saturated heterocycles. The lowest BCUT2D eigenvalue weighted by Crippen LogP contribution is -2.51. The fourth-order valence-electron chi connectivity index (χ4n) is 1.94. The zero-order valence-electron chi connectivity index (χ0n) is 11.9. The zero-order valence-corrected chi connectivity index (χ0v) is 12.8. The van der Waals surface area contributed by atoms with Gasteiger partial charge in [0, 0.05) is 23.0 Å². The third kappa shape index (κ3) is 4.96. The van der Waals surface area contributed by atoms with Crippen LogP contribution in [0.25, 0.3) is 0 Å². The Balaban J connectivity index is 2.67. The molecule has 0 aliphatic rings. The predicted octanol–water partition coefficient (Wildman–Crippen LogP) is 2.54. The molecule has 0 spiro atoms. The van der Waals surface area contributed by atoms with Crippen LogP contribution in [0.15, 0.2) is 17.2 Å². The highest BCUT2D eigenvalue weighted by atomic mass is 32.2. The van der Waals surface area contributed by atoms with Gasteiger partial charge in [0.15, 0.2) is 0 Å². The van der Waals surface area contributed by atoms with Crippen LogP contribution in [-0.4, -0.2) is 34.0 Å². The molecule has 1 aromatic rings. The van der Waals surface area contributed by atoms with Gasteiger partial charge in [-0.15, -0.1) is 11.8 Å². The van der Waals surface area contributed by atoms with E-state index in [4.69, 9.17) is 0 Å². The summed E-state index contributed by atoms with van der Waals surface area (Å²) in [5.41, 5.74) is 2.01. The fourth-order valence-corrected chi connectivity index (χ4v) is 3.06. The van der Waals surface area contributed by atoms with E-state index >= 15 is 0 Å². The molecule has 0 saturated carbocycles. The average molecular weight is 268 g/mol. The molecule has 1 rings (SSSR count). The molecule has 18 heavy (non-hydrogen) atoms. The van der Waals surface area contributed by atoms with Gasteiger partial charge in [-0.05, 0) is 38.5 Å². The smallest absolute Gasteiger partial charge is 0.0966 e. The topological polar surface area (TPSA) is 45.2 Å². The molecule has 1 aromatic heterocycles. The number of hydrogen-bond donors (Lipinski definition) is 2. The fraction of sp³-hybridized carbons (Fsp3) is 0.643. The molecule has 4 heteroatoms. The first-order valence-corrected chi connectivity index (χ1v) is 7.30. The zero-order chi connectivity index (χ0) is 13.8. The van der Waals surface area contributed by atoms with Crippen LogP contribution in [0.5, 0.6) is 0 Å². The van der Waals surface area contributed by atoms with Crippen LogP contribution < -0.4 is 5.32 Å². The van der Waals surface area contributed by atoms with Gasteiger partial charge in [-0.1, -0.05) is 13.8 Å². The van der Waals surface area contributed by atoms with E-state index in [0.29, 0.717) is 6.04 Å². The standard InChI is InChI=1S/C14H24N2OS/c1-10(2)16-14(5,8-17)9-18-13-7-11(3)6-12(4)15-13/h6-7,10,16-17H,8-9H2,1-5H3. The van der Waals surface area contributed by atoms with Crippen LogP contribution in [0.4, 0.5) is 0 Å². The van der Waals surface area contributed by atoms with E-state index < -0.39 is 0 Å². The van der Waals surface area contributed by atoms with Crippen molar-refractivity contribution in [1.29, 1.82) is 0 Å². The van der Waals surface area contributed by atoms with Crippen molar-refractivity contribution in [3.8, 4) is 0 Å². The number of rotatable bonds is 6. The Hall–Kier alpha value is -0.580. The van der Waals surface area contributed by atoms with Crippen molar-refractivity contribution >= 4 is 11.8 Å². The van der Waals surface area contributed by atoms with Crippen molar-refractivity contribution in [3.63, 3.8) is 0 Å². The Labute approximate surface area is 114 Å². The molecular weight excluding hydrogens is 244 g/mol. The molecule has 0 radical (unpaired) electrons. The molecule has 0 fully saturated rings. The number of hydrogen-bond acceptors (Lipinski definition) is 4. The van der Waals surface area contributed by atoms with Gasteiger partial charge in [-0.25, -0.2) is 4.98 Å². The maximum atomic E-state index is 9.53. The van der Waals surface area contributed by atoms with Crippen LogP contribution in [0.1, 0.15) is 32.0 Å². The van der Waals surface area contributed by atoms with E-state index in [1.54, 1.807) is 11.8 Å². The summed E-state index contributed by atoms with van der Waals surface area (Å²) in [4.78, 5) is 4.50. The number of aliphatic hydroxyl groups is 1. The van der Waals surface area contributed by atoms with Crippen LogP contribution >= 0.6 is 11.8 Å². The summed E-state index contributed by atoms with van der Waals surface area (Å²) in [5, 5.41) is 14.0. The van der Waals surface area contributed by atoms with Gasteiger partial charge in [0.05, 0.1) is 11.6 Å². The lowest BCUT2D eigenvalue weighted by atomic mass is 10.1. The van der Waals surface area contributed by atoms with Crippen molar-refractivity contribution in [2.24, 2.45) is 0 Å². The van der Waals surface area contributed by atoms with Gasteiger partial charge >= 0.3 is 0 Å². The van der Waals surface area contributed by atoms with Crippen molar-refractivity contribution in [3.05, 3.63) is 23.4 Å². The van der Waals surface area contributed by atoms with E-state index in [1.165, 1.54) is 5.56 Å². The Morgan fingerprint density at radius 2 is 2.06 bits per heavy atom. The van der Waals surface area contributed by atoms with Gasteiger partial charge in [-0.2, -0.15) is 0 Å². The molecule has 2 N–H and O–H groups in total. The first kappa shape index (κ1) is 15.5. The van der Waals surface area contributed by atoms with Gasteiger partial charge < -0.3 is 10.4 Å². The van der Waals surface area contributed by atoms with E-state index in [1.807, 2.05) is 13.8 Å². The summed E-state index contributed by atoms with van der Waals surface area (Å²) in [6.45, 7) is 10.4. The summed E-state index contributed by atoms with van der Waals surface area (Å²) >= 11 is 1.69. The molecule has 102 valence electrons. The number of aryl methyl sites for hydroxylation is 2. The van der Waals surface area contributed by atoms with Crippen molar-refractivity contribution in [2.45, 2.75) is 51.2 Å². The minimum absolute atomic E-state index is 0.128. The minimum atomic E-state index is -0.266.